The molecule has 10 heteroatoms. The zero-order valence-electron chi connectivity index (χ0n) is 20.6. The summed E-state index contributed by atoms with van der Waals surface area (Å²) in [5.41, 5.74) is 0.904. The molecule has 0 saturated carbocycles. The van der Waals surface area contributed by atoms with Crippen LogP contribution in [0.15, 0.2) is 77.3 Å². The van der Waals surface area contributed by atoms with E-state index in [0.29, 0.717) is 16.5 Å². The van der Waals surface area contributed by atoms with Crippen LogP contribution in [-0.2, 0) is 16.0 Å². The number of rotatable bonds is 6. The van der Waals surface area contributed by atoms with Gasteiger partial charge in [-0.15, -0.1) is 0 Å². The van der Waals surface area contributed by atoms with E-state index in [1.165, 1.54) is 9.80 Å². The first-order valence-electron chi connectivity index (χ1n) is 12.4. The quantitative estimate of drug-likeness (QED) is 0.470. The Morgan fingerprint density at radius 2 is 1.62 bits per heavy atom. The van der Waals surface area contributed by atoms with Gasteiger partial charge in [0.1, 0.15) is 23.7 Å². The van der Waals surface area contributed by atoms with E-state index in [2.05, 4.69) is 21.2 Å². The van der Waals surface area contributed by atoms with Gasteiger partial charge in [0.05, 0.1) is 12.6 Å². The van der Waals surface area contributed by atoms with E-state index < -0.39 is 41.6 Å². The summed E-state index contributed by atoms with van der Waals surface area (Å²) in [7, 11) is 0. The number of likely N-dealkylation sites (tertiary alicyclic amines) is 2. The first-order valence-corrected chi connectivity index (χ1v) is 13.2. The number of hydrogen-bond acceptors (Lipinski definition) is 4. The lowest BCUT2D eigenvalue weighted by Crippen LogP contribution is -2.53. The van der Waals surface area contributed by atoms with Gasteiger partial charge in [-0.05, 0) is 54.4 Å². The molecule has 0 spiro atoms. The molecule has 3 aromatic carbocycles. The summed E-state index contributed by atoms with van der Waals surface area (Å²) >= 11 is 3.31. The molecule has 2 aliphatic rings. The minimum Gasteiger partial charge on any atom is -0.340 e. The van der Waals surface area contributed by atoms with Crippen molar-refractivity contribution in [3.05, 3.63) is 106 Å². The van der Waals surface area contributed by atoms with Crippen molar-refractivity contribution < 1.29 is 28.0 Å². The number of benzene rings is 3. The van der Waals surface area contributed by atoms with E-state index in [0.717, 1.165) is 18.2 Å². The Morgan fingerprint density at radius 1 is 0.923 bits per heavy atom. The topological polar surface area (TPSA) is 86.8 Å². The van der Waals surface area contributed by atoms with Gasteiger partial charge in [0.2, 0.25) is 5.91 Å². The van der Waals surface area contributed by atoms with Crippen molar-refractivity contribution >= 4 is 39.4 Å². The fourth-order valence-corrected chi connectivity index (χ4v) is 5.72. The molecule has 200 valence electrons. The molecule has 39 heavy (non-hydrogen) atoms. The van der Waals surface area contributed by atoms with Crippen LogP contribution in [0, 0.1) is 11.6 Å². The number of Topliss-reactive ketones (excluding diaryl/α,β-unsaturated/α-hetero) is 1. The molecule has 3 atom stereocenters. The summed E-state index contributed by atoms with van der Waals surface area (Å²) in [5, 5.41) is 2.69. The van der Waals surface area contributed by atoms with Gasteiger partial charge < -0.3 is 15.1 Å². The van der Waals surface area contributed by atoms with E-state index in [-0.39, 0.29) is 42.3 Å². The molecule has 5 rings (SSSR count). The van der Waals surface area contributed by atoms with Crippen LogP contribution < -0.4 is 5.32 Å². The molecule has 2 aliphatic heterocycles. The van der Waals surface area contributed by atoms with Crippen LogP contribution in [0.2, 0.25) is 0 Å². The van der Waals surface area contributed by atoms with Crippen molar-refractivity contribution in [2.24, 2.45) is 0 Å². The van der Waals surface area contributed by atoms with E-state index in [9.17, 15) is 28.0 Å². The van der Waals surface area contributed by atoms with E-state index in [1.807, 2.05) is 0 Å². The van der Waals surface area contributed by atoms with Gasteiger partial charge in [-0.1, -0.05) is 40.2 Å². The third-order valence-corrected chi connectivity index (χ3v) is 7.53. The van der Waals surface area contributed by atoms with E-state index in [1.54, 1.807) is 54.6 Å². The van der Waals surface area contributed by atoms with Crippen LogP contribution in [-0.4, -0.2) is 64.5 Å². The summed E-state index contributed by atoms with van der Waals surface area (Å²) < 4.78 is 28.5. The Labute approximate surface area is 231 Å². The van der Waals surface area contributed by atoms with Gasteiger partial charge in [-0.25, -0.2) is 8.78 Å². The lowest BCUT2D eigenvalue weighted by molar-refractivity contribution is -0.138. The van der Waals surface area contributed by atoms with Crippen molar-refractivity contribution in [2.75, 3.05) is 13.1 Å². The SMILES string of the molecule is O=C(NC(Cc1cc(F)cc(F)c1)C(=O)N1CCC2C1C(=O)CN2C(=O)c1ccccc1)c1cccc(Br)c1. The first-order chi connectivity index (χ1) is 18.7. The molecule has 3 amide bonds. The number of hydrogen-bond donors (Lipinski definition) is 1. The highest BCUT2D eigenvalue weighted by molar-refractivity contribution is 9.10. The Bertz CT molecular complexity index is 1430. The molecule has 2 fully saturated rings. The van der Waals surface area contributed by atoms with Gasteiger partial charge in [0.25, 0.3) is 11.8 Å². The number of nitrogens with zero attached hydrogens (tertiary/aromatic N) is 2. The van der Waals surface area contributed by atoms with Crippen molar-refractivity contribution in [1.82, 2.24) is 15.1 Å². The van der Waals surface area contributed by atoms with Gasteiger partial charge in [-0.2, -0.15) is 0 Å². The Kier molecular flexibility index (Phi) is 7.56. The summed E-state index contributed by atoms with van der Waals surface area (Å²) in [6.45, 7) is 0.0657. The summed E-state index contributed by atoms with van der Waals surface area (Å²) in [5.74, 6) is -3.29. The van der Waals surface area contributed by atoms with Crippen LogP contribution in [0.3, 0.4) is 0 Å². The van der Waals surface area contributed by atoms with E-state index in [4.69, 9.17) is 0 Å². The second-order valence-electron chi connectivity index (χ2n) is 9.62. The summed E-state index contributed by atoms with van der Waals surface area (Å²) in [6, 6.07) is 15.5. The molecule has 1 N–H and O–H groups in total. The standard InChI is InChI=1S/C29H24BrF2N3O4/c30-20-8-4-7-19(14-20)27(37)33-23(13-17-11-21(31)15-22(32)12-17)29(39)34-10-9-24-26(34)25(36)16-35(24)28(38)18-5-2-1-3-6-18/h1-8,11-12,14-15,23-24,26H,9-10,13,16H2,(H,33,37). The normalized spacial score (nSPS) is 19.1. The van der Waals surface area contributed by atoms with Gasteiger partial charge in [0.15, 0.2) is 5.78 Å². The van der Waals surface area contributed by atoms with Gasteiger partial charge in [-0.3, -0.25) is 19.2 Å². The molecule has 0 radical (unpaired) electrons. The molecule has 0 bridgehead atoms. The zero-order chi connectivity index (χ0) is 27.7. The molecule has 0 aliphatic carbocycles. The third-order valence-electron chi connectivity index (χ3n) is 7.04. The number of carbonyl (C=O) groups is 4. The highest BCUT2D eigenvalue weighted by atomic mass is 79.9. The van der Waals surface area contributed by atoms with Crippen molar-refractivity contribution in [1.29, 1.82) is 0 Å². The Morgan fingerprint density at radius 3 is 2.31 bits per heavy atom. The number of nitrogens with one attached hydrogen (secondary N) is 1. The second kappa shape index (κ2) is 11.1. The fourth-order valence-electron chi connectivity index (χ4n) is 5.32. The minimum absolute atomic E-state index is 0.128. The van der Waals surface area contributed by atoms with Crippen LogP contribution in [0.1, 0.15) is 32.7 Å². The third kappa shape index (κ3) is 5.61. The molecule has 3 aromatic rings. The monoisotopic (exact) mass is 595 g/mol. The Balaban J connectivity index is 1.40. The number of amides is 3. The highest BCUT2D eigenvalue weighted by Gasteiger charge is 2.52. The van der Waals surface area contributed by atoms with Crippen LogP contribution in [0.5, 0.6) is 0 Å². The van der Waals surface area contributed by atoms with Gasteiger partial charge >= 0.3 is 0 Å². The van der Waals surface area contributed by atoms with Crippen molar-refractivity contribution in [3.63, 3.8) is 0 Å². The maximum atomic E-state index is 13.9. The van der Waals surface area contributed by atoms with Crippen molar-refractivity contribution in [2.45, 2.75) is 31.0 Å². The molecule has 2 heterocycles. The molecular formula is C29H24BrF2N3O4. The van der Waals surface area contributed by atoms with Crippen LogP contribution in [0.4, 0.5) is 8.78 Å². The van der Waals surface area contributed by atoms with Crippen molar-refractivity contribution in [3.8, 4) is 0 Å². The predicted molar refractivity (Wildman–Crippen MR) is 142 cm³/mol. The predicted octanol–water partition coefficient (Wildman–Crippen LogP) is 3.76. The molecule has 7 nitrogen and oxygen atoms in total. The average molecular weight is 596 g/mol. The Hall–Kier alpha value is -3.92. The maximum absolute atomic E-state index is 13.9. The number of carbonyl (C=O) groups excluding carboxylic acids is 4. The fraction of sp³-hybridized carbons (Fsp3) is 0.241. The zero-order valence-corrected chi connectivity index (χ0v) is 22.2. The summed E-state index contributed by atoms with van der Waals surface area (Å²) in [4.78, 5) is 56.0. The first kappa shape index (κ1) is 26.7. The second-order valence-corrected chi connectivity index (χ2v) is 10.5. The highest BCUT2D eigenvalue weighted by Crippen LogP contribution is 2.31. The molecule has 3 unspecified atom stereocenters. The number of fused-ring (bicyclic) bond motifs is 1. The van der Waals surface area contributed by atoms with Crippen LogP contribution in [0.25, 0.3) is 0 Å². The minimum atomic E-state index is -1.21. The van der Waals surface area contributed by atoms with E-state index >= 15 is 0 Å². The van der Waals surface area contributed by atoms with Gasteiger partial charge in [0, 0.05) is 34.6 Å². The number of ketones is 1. The smallest absolute Gasteiger partial charge is 0.254 e. The maximum Gasteiger partial charge on any atom is 0.254 e. The number of halogens is 3. The molecule has 2 saturated heterocycles. The summed E-state index contributed by atoms with van der Waals surface area (Å²) in [6.07, 6.45) is 0.198. The molecule has 0 aromatic heterocycles. The molecular weight excluding hydrogens is 572 g/mol. The lowest BCUT2D eigenvalue weighted by atomic mass is 10.0. The largest absolute Gasteiger partial charge is 0.340 e. The average Bonchev–Trinajstić information content (AvgIpc) is 3.48. The lowest BCUT2D eigenvalue weighted by Gasteiger charge is -2.28. The van der Waals surface area contributed by atoms with Crippen LogP contribution >= 0.6 is 15.9 Å².